The van der Waals surface area contributed by atoms with Gasteiger partial charge in [0.15, 0.2) is 0 Å². The van der Waals surface area contributed by atoms with Gasteiger partial charge in [0.05, 0.1) is 6.42 Å². The van der Waals surface area contributed by atoms with Gasteiger partial charge in [0.2, 0.25) is 17.7 Å². The third-order valence-corrected chi connectivity index (χ3v) is 3.01. The van der Waals surface area contributed by atoms with Crippen LogP contribution in [0.15, 0.2) is 0 Å². The Morgan fingerprint density at radius 2 is 1.76 bits per heavy atom. The van der Waals surface area contributed by atoms with E-state index in [0.717, 1.165) is 32.1 Å². The quantitative estimate of drug-likeness (QED) is 0.372. The van der Waals surface area contributed by atoms with E-state index in [2.05, 4.69) is 17.6 Å². The highest BCUT2D eigenvalue weighted by Crippen LogP contribution is 2.05. The Bertz CT molecular complexity index is 334. The van der Waals surface area contributed by atoms with Crippen molar-refractivity contribution < 1.29 is 14.4 Å². The molecule has 0 saturated heterocycles. The fourth-order valence-corrected chi connectivity index (χ4v) is 1.88. The molecule has 1 atom stereocenters. The second-order valence-corrected chi connectivity index (χ2v) is 5.03. The van der Waals surface area contributed by atoms with Gasteiger partial charge in [-0.25, -0.2) is 0 Å². The van der Waals surface area contributed by atoms with E-state index in [1.165, 1.54) is 0 Å². The van der Waals surface area contributed by atoms with Crippen molar-refractivity contribution >= 4 is 17.7 Å². The minimum Gasteiger partial charge on any atom is -0.370 e. The van der Waals surface area contributed by atoms with Crippen LogP contribution in [0.2, 0.25) is 0 Å². The summed E-state index contributed by atoms with van der Waals surface area (Å²) in [7, 11) is 0. The van der Waals surface area contributed by atoms with Gasteiger partial charge < -0.3 is 22.1 Å². The Hall–Kier alpha value is -1.63. The van der Waals surface area contributed by atoms with E-state index in [1.807, 2.05) is 0 Å². The summed E-state index contributed by atoms with van der Waals surface area (Å²) < 4.78 is 0. The number of carbonyl (C=O) groups excluding carboxylic acids is 3. The molecule has 0 spiro atoms. The first-order valence-corrected chi connectivity index (χ1v) is 7.56. The lowest BCUT2D eigenvalue weighted by atomic mass is 10.1. The molecule has 0 rings (SSSR count). The zero-order valence-electron chi connectivity index (χ0n) is 12.8. The van der Waals surface area contributed by atoms with E-state index >= 15 is 0 Å². The van der Waals surface area contributed by atoms with Crippen LogP contribution in [0.25, 0.3) is 0 Å². The molecule has 7 heteroatoms. The lowest BCUT2D eigenvalue weighted by molar-refractivity contribution is -0.131. The van der Waals surface area contributed by atoms with Crippen molar-refractivity contribution in [2.75, 3.05) is 13.1 Å². The molecule has 0 aromatic heterocycles. The highest BCUT2D eigenvalue weighted by atomic mass is 16.2. The fourth-order valence-electron chi connectivity index (χ4n) is 1.88. The number of hydrogen-bond acceptors (Lipinski definition) is 4. The molecule has 3 amide bonds. The van der Waals surface area contributed by atoms with Crippen LogP contribution in [-0.4, -0.2) is 36.9 Å². The molecule has 0 aromatic carbocycles. The number of primary amides is 1. The largest absolute Gasteiger partial charge is 0.370 e. The molecule has 0 fully saturated rings. The summed E-state index contributed by atoms with van der Waals surface area (Å²) in [5.74, 6) is -1.30. The van der Waals surface area contributed by atoms with Crippen LogP contribution in [0, 0.1) is 0 Å². The Balaban J connectivity index is 4.16. The summed E-state index contributed by atoms with van der Waals surface area (Å²) in [5, 5.41) is 5.10. The van der Waals surface area contributed by atoms with Crippen LogP contribution in [0.4, 0.5) is 0 Å². The lowest BCUT2D eigenvalue weighted by Gasteiger charge is -2.17. The van der Waals surface area contributed by atoms with Gasteiger partial charge in [0, 0.05) is 19.5 Å². The van der Waals surface area contributed by atoms with Crippen molar-refractivity contribution in [1.82, 2.24) is 10.6 Å². The molecule has 0 aliphatic carbocycles. The molecule has 122 valence electrons. The van der Waals surface area contributed by atoms with Gasteiger partial charge in [-0.15, -0.1) is 0 Å². The third-order valence-electron chi connectivity index (χ3n) is 3.01. The Labute approximate surface area is 126 Å². The maximum atomic E-state index is 11.8. The monoisotopic (exact) mass is 300 g/mol. The van der Waals surface area contributed by atoms with E-state index in [4.69, 9.17) is 11.5 Å². The van der Waals surface area contributed by atoms with Gasteiger partial charge in [0.25, 0.3) is 0 Å². The van der Waals surface area contributed by atoms with E-state index in [-0.39, 0.29) is 12.3 Å². The summed E-state index contributed by atoms with van der Waals surface area (Å²) in [4.78, 5) is 34.5. The first-order valence-electron chi connectivity index (χ1n) is 7.56. The SMILES string of the molecule is CCCCCCCC(=O)N[C@H](CC(N)=O)C(=O)NCCN. The molecular weight excluding hydrogens is 272 g/mol. The number of nitrogens with two attached hydrogens (primary N) is 2. The van der Waals surface area contributed by atoms with E-state index in [0.29, 0.717) is 19.5 Å². The van der Waals surface area contributed by atoms with Gasteiger partial charge in [-0.2, -0.15) is 0 Å². The normalized spacial score (nSPS) is 11.7. The van der Waals surface area contributed by atoms with Gasteiger partial charge >= 0.3 is 0 Å². The van der Waals surface area contributed by atoms with Gasteiger partial charge in [-0.1, -0.05) is 32.6 Å². The van der Waals surface area contributed by atoms with Crippen molar-refractivity contribution in [3.05, 3.63) is 0 Å². The van der Waals surface area contributed by atoms with Crippen LogP contribution >= 0.6 is 0 Å². The predicted molar refractivity (Wildman–Crippen MR) is 81.2 cm³/mol. The highest BCUT2D eigenvalue weighted by molar-refractivity contribution is 5.91. The summed E-state index contributed by atoms with van der Waals surface area (Å²) in [5.41, 5.74) is 10.4. The minimum absolute atomic E-state index is 0.210. The highest BCUT2D eigenvalue weighted by Gasteiger charge is 2.22. The zero-order chi connectivity index (χ0) is 16.1. The number of unbranched alkanes of at least 4 members (excludes halogenated alkanes) is 4. The summed E-state index contributed by atoms with van der Waals surface area (Å²) in [6.07, 6.45) is 5.31. The molecule has 0 radical (unpaired) electrons. The molecule has 21 heavy (non-hydrogen) atoms. The molecule has 6 N–H and O–H groups in total. The van der Waals surface area contributed by atoms with Crippen molar-refractivity contribution in [3.8, 4) is 0 Å². The standard InChI is InChI=1S/C14H28N4O3/c1-2-3-4-5-6-7-13(20)18-11(10-12(16)19)14(21)17-9-8-15/h11H,2-10,15H2,1H3,(H2,16,19)(H,17,21)(H,18,20)/t11-/m1/s1. The topological polar surface area (TPSA) is 127 Å². The molecule has 0 saturated carbocycles. The average molecular weight is 300 g/mol. The van der Waals surface area contributed by atoms with Crippen LogP contribution in [-0.2, 0) is 14.4 Å². The second kappa shape index (κ2) is 12.1. The summed E-state index contributed by atoms with van der Waals surface area (Å²) in [6, 6.07) is -0.919. The average Bonchev–Trinajstić information content (AvgIpc) is 2.43. The van der Waals surface area contributed by atoms with Crippen molar-refractivity contribution in [3.63, 3.8) is 0 Å². The van der Waals surface area contributed by atoms with Crippen molar-refractivity contribution in [2.24, 2.45) is 11.5 Å². The van der Waals surface area contributed by atoms with Crippen LogP contribution < -0.4 is 22.1 Å². The van der Waals surface area contributed by atoms with Crippen LogP contribution in [0.1, 0.15) is 51.9 Å². The fraction of sp³-hybridized carbons (Fsp3) is 0.786. The number of hydrogen-bond donors (Lipinski definition) is 4. The van der Waals surface area contributed by atoms with Gasteiger partial charge in [-0.3, -0.25) is 14.4 Å². The van der Waals surface area contributed by atoms with Crippen LogP contribution in [0.5, 0.6) is 0 Å². The molecule has 7 nitrogen and oxygen atoms in total. The Morgan fingerprint density at radius 1 is 1.10 bits per heavy atom. The second-order valence-electron chi connectivity index (χ2n) is 5.03. The number of nitrogens with one attached hydrogen (secondary N) is 2. The molecule has 0 aromatic rings. The van der Waals surface area contributed by atoms with Gasteiger partial charge in [0.1, 0.15) is 6.04 Å². The maximum absolute atomic E-state index is 11.8. The lowest BCUT2D eigenvalue weighted by Crippen LogP contribution is -2.49. The molecular formula is C14H28N4O3. The zero-order valence-corrected chi connectivity index (χ0v) is 12.8. The maximum Gasteiger partial charge on any atom is 0.243 e. The van der Waals surface area contributed by atoms with Crippen LogP contribution in [0.3, 0.4) is 0 Å². The number of amides is 3. The molecule has 0 heterocycles. The first kappa shape index (κ1) is 19.4. The summed E-state index contributed by atoms with van der Waals surface area (Å²) in [6.45, 7) is 2.71. The van der Waals surface area contributed by atoms with Crippen molar-refractivity contribution in [2.45, 2.75) is 57.9 Å². The molecule has 0 bridgehead atoms. The first-order chi connectivity index (χ1) is 10.0. The summed E-state index contributed by atoms with van der Waals surface area (Å²) >= 11 is 0. The smallest absolute Gasteiger partial charge is 0.243 e. The number of rotatable bonds is 12. The Morgan fingerprint density at radius 3 is 2.33 bits per heavy atom. The van der Waals surface area contributed by atoms with E-state index < -0.39 is 17.9 Å². The molecule has 0 aliphatic rings. The van der Waals surface area contributed by atoms with Gasteiger partial charge in [-0.05, 0) is 6.42 Å². The Kier molecular flexibility index (Phi) is 11.2. The predicted octanol–water partition coefficient (Wildman–Crippen LogP) is -0.218. The number of carbonyl (C=O) groups is 3. The van der Waals surface area contributed by atoms with E-state index in [9.17, 15) is 14.4 Å². The third kappa shape index (κ3) is 10.8. The van der Waals surface area contributed by atoms with Crippen molar-refractivity contribution in [1.29, 1.82) is 0 Å². The molecule has 0 unspecified atom stereocenters. The van der Waals surface area contributed by atoms with E-state index in [1.54, 1.807) is 0 Å². The molecule has 0 aliphatic heterocycles. The minimum atomic E-state index is -0.919.